The molecule has 0 aliphatic heterocycles. The van der Waals surface area contributed by atoms with Gasteiger partial charge >= 0.3 is 5.69 Å². The molecule has 0 saturated carbocycles. The number of hydrogen-bond donors (Lipinski definition) is 1. The number of nitrogens with two attached hydrogens (primary N) is 1. The number of aromatic nitrogens is 5. The van der Waals surface area contributed by atoms with Gasteiger partial charge in [-0.05, 0) is 41.3 Å². The molecule has 0 aromatic carbocycles. The fraction of sp³-hybridized carbons (Fsp3) is 0.333. The Kier molecular flexibility index (Phi) is 5.59. The number of nitrogen functional groups attached to an aromatic ring is 1. The standard InChI is InChI=1S/C16H15BrN6O2.C2H6/c1-9-7-11(21-25-9)8-22-16(24)23-14(20-22)12(17)13(19-15(23)18)10-5-3-2-4-6-10;1-2/h3,5-7H,2,4,8H2,1H3,(H2,18,19);1-2H3. The van der Waals surface area contributed by atoms with Gasteiger partial charge < -0.3 is 10.3 Å². The van der Waals surface area contributed by atoms with Crippen LogP contribution in [0.2, 0.25) is 0 Å². The number of fused-ring (bicyclic) bond motifs is 1. The number of hydrogen-bond acceptors (Lipinski definition) is 6. The van der Waals surface area contributed by atoms with Crippen LogP contribution in [0, 0.1) is 6.92 Å². The Bertz CT molecular complexity index is 1090. The highest BCUT2D eigenvalue weighted by Gasteiger charge is 2.19. The third-order valence-corrected chi connectivity index (χ3v) is 4.69. The quantitative estimate of drug-likeness (QED) is 0.680. The molecule has 2 N–H and O–H groups in total. The lowest BCUT2D eigenvalue weighted by molar-refractivity contribution is 0.387. The third kappa shape index (κ3) is 3.59. The molecule has 142 valence electrons. The zero-order valence-corrected chi connectivity index (χ0v) is 17.0. The van der Waals surface area contributed by atoms with Gasteiger partial charge in [-0.2, -0.15) is 0 Å². The van der Waals surface area contributed by atoms with Crippen LogP contribution in [0.1, 0.15) is 43.8 Å². The minimum absolute atomic E-state index is 0.0978. The maximum absolute atomic E-state index is 12.6. The zero-order valence-electron chi connectivity index (χ0n) is 15.4. The Hall–Kier alpha value is -2.68. The molecular formula is C18H21BrN6O2. The van der Waals surface area contributed by atoms with Crippen LogP contribution in [0.25, 0.3) is 11.2 Å². The highest BCUT2D eigenvalue weighted by molar-refractivity contribution is 9.10. The van der Waals surface area contributed by atoms with Gasteiger partial charge in [0.25, 0.3) is 0 Å². The van der Waals surface area contributed by atoms with E-state index in [0.717, 1.165) is 18.4 Å². The van der Waals surface area contributed by atoms with E-state index in [2.05, 4.69) is 43.3 Å². The van der Waals surface area contributed by atoms with Crippen LogP contribution in [0.15, 0.2) is 38.1 Å². The fourth-order valence-corrected chi connectivity index (χ4v) is 3.38. The van der Waals surface area contributed by atoms with Crippen molar-refractivity contribution < 1.29 is 4.52 Å². The molecule has 0 fully saturated rings. The first kappa shape index (κ1) is 19.1. The predicted molar refractivity (Wildman–Crippen MR) is 107 cm³/mol. The molecule has 0 spiro atoms. The maximum Gasteiger partial charge on any atom is 0.353 e. The van der Waals surface area contributed by atoms with Gasteiger partial charge in [-0.15, -0.1) is 5.10 Å². The molecule has 8 nitrogen and oxygen atoms in total. The first-order chi connectivity index (χ1) is 13.0. The van der Waals surface area contributed by atoms with Crippen LogP contribution in [0.5, 0.6) is 0 Å². The van der Waals surface area contributed by atoms with E-state index in [1.54, 1.807) is 13.0 Å². The van der Waals surface area contributed by atoms with Gasteiger partial charge in [0.15, 0.2) is 5.65 Å². The number of aryl methyl sites for hydroxylation is 1. The topological polar surface area (TPSA) is 104 Å². The number of rotatable bonds is 3. The van der Waals surface area contributed by atoms with Gasteiger partial charge in [0, 0.05) is 6.07 Å². The normalized spacial score (nSPS) is 13.4. The van der Waals surface area contributed by atoms with Gasteiger partial charge in [-0.1, -0.05) is 37.2 Å². The van der Waals surface area contributed by atoms with Gasteiger partial charge in [0.05, 0.1) is 16.7 Å². The monoisotopic (exact) mass is 432 g/mol. The SMILES string of the molecule is CC.Cc1cc(Cn2nc3c(Br)c(C4=CCCC=C4)nc(N)n3c2=O)no1. The van der Waals surface area contributed by atoms with E-state index in [4.69, 9.17) is 10.3 Å². The van der Waals surface area contributed by atoms with Crippen molar-refractivity contribution in [2.45, 2.75) is 40.2 Å². The molecule has 4 rings (SSSR count). The number of allylic oxidation sites excluding steroid dienone is 4. The number of halogens is 1. The van der Waals surface area contributed by atoms with E-state index < -0.39 is 0 Å². The van der Waals surface area contributed by atoms with E-state index >= 15 is 0 Å². The summed E-state index contributed by atoms with van der Waals surface area (Å²) in [5.74, 6) is 0.771. The summed E-state index contributed by atoms with van der Waals surface area (Å²) in [7, 11) is 0. The Labute approximate surface area is 164 Å². The molecule has 3 aromatic heterocycles. The summed E-state index contributed by atoms with van der Waals surface area (Å²) in [4.78, 5) is 17.0. The summed E-state index contributed by atoms with van der Waals surface area (Å²) in [6, 6.07) is 1.76. The van der Waals surface area contributed by atoms with Crippen molar-refractivity contribution in [2.24, 2.45) is 0 Å². The Morgan fingerprint density at radius 3 is 2.74 bits per heavy atom. The second-order valence-electron chi connectivity index (χ2n) is 5.80. The Morgan fingerprint density at radius 1 is 1.33 bits per heavy atom. The number of anilines is 1. The Balaban J connectivity index is 0.00000102. The second kappa shape index (κ2) is 7.91. The largest absolute Gasteiger partial charge is 0.369 e. The summed E-state index contributed by atoms with van der Waals surface area (Å²) in [6.07, 6.45) is 8.12. The van der Waals surface area contributed by atoms with E-state index in [1.165, 1.54) is 9.08 Å². The van der Waals surface area contributed by atoms with E-state index in [1.807, 2.05) is 19.9 Å². The molecule has 1 aliphatic rings. The summed E-state index contributed by atoms with van der Waals surface area (Å²) in [6.45, 7) is 5.99. The zero-order chi connectivity index (χ0) is 19.6. The lowest BCUT2D eigenvalue weighted by atomic mass is 10.0. The van der Waals surface area contributed by atoms with Crippen molar-refractivity contribution in [3.05, 3.63) is 56.4 Å². The average Bonchev–Trinajstić information content (AvgIpc) is 3.24. The molecule has 0 bridgehead atoms. The fourth-order valence-electron chi connectivity index (χ4n) is 2.81. The van der Waals surface area contributed by atoms with Crippen LogP contribution >= 0.6 is 15.9 Å². The molecule has 9 heteroatoms. The third-order valence-electron chi connectivity index (χ3n) is 3.96. The smallest absolute Gasteiger partial charge is 0.353 e. The molecule has 27 heavy (non-hydrogen) atoms. The van der Waals surface area contributed by atoms with E-state index in [-0.39, 0.29) is 18.2 Å². The number of nitrogens with zero attached hydrogens (tertiary/aromatic N) is 5. The van der Waals surface area contributed by atoms with Gasteiger partial charge in [0.1, 0.15) is 11.5 Å². The molecule has 3 aromatic rings. The highest BCUT2D eigenvalue weighted by atomic mass is 79.9. The molecule has 0 atom stereocenters. The predicted octanol–water partition coefficient (Wildman–Crippen LogP) is 3.34. The molecular weight excluding hydrogens is 412 g/mol. The van der Waals surface area contributed by atoms with Crippen LogP contribution in [0.4, 0.5) is 5.95 Å². The molecule has 0 saturated heterocycles. The summed E-state index contributed by atoms with van der Waals surface area (Å²) >= 11 is 3.53. The lowest BCUT2D eigenvalue weighted by Gasteiger charge is -2.10. The van der Waals surface area contributed by atoms with Gasteiger partial charge in [0.2, 0.25) is 5.95 Å². The van der Waals surface area contributed by atoms with E-state index in [9.17, 15) is 4.79 Å². The van der Waals surface area contributed by atoms with Crippen molar-refractivity contribution in [1.82, 2.24) is 24.3 Å². The van der Waals surface area contributed by atoms with Crippen molar-refractivity contribution in [1.29, 1.82) is 0 Å². The van der Waals surface area contributed by atoms with Crippen LogP contribution in [-0.2, 0) is 6.54 Å². The Morgan fingerprint density at radius 2 is 2.11 bits per heavy atom. The van der Waals surface area contributed by atoms with Crippen LogP contribution < -0.4 is 11.4 Å². The van der Waals surface area contributed by atoms with Crippen LogP contribution in [-0.4, -0.2) is 24.3 Å². The summed E-state index contributed by atoms with van der Waals surface area (Å²) in [5.41, 5.74) is 8.34. The molecule has 0 radical (unpaired) electrons. The summed E-state index contributed by atoms with van der Waals surface area (Å²) in [5, 5.41) is 8.30. The van der Waals surface area contributed by atoms with Crippen LogP contribution in [0.3, 0.4) is 0 Å². The molecule has 1 aliphatic carbocycles. The van der Waals surface area contributed by atoms with E-state index in [0.29, 0.717) is 27.3 Å². The van der Waals surface area contributed by atoms with Crippen molar-refractivity contribution in [3.8, 4) is 0 Å². The average molecular weight is 433 g/mol. The first-order valence-electron chi connectivity index (χ1n) is 8.78. The molecule has 0 unspecified atom stereocenters. The van der Waals surface area contributed by atoms with Crippen molar-refractivity contribution in [2.75, 3.05) is 5.73 Å². The van der Waals surface area contributed by atoms with Crippen molar-refractivity contribution >= 4 is 33.1 Å². The maximum atomic E-state index is 12.6. The minimum Gasteiger partial charge on any atom is -0.369 e. The van der Waals surface area contributed by atoms with Gasteiger partial charge in [-0.3, -0.25) is 0 Å². The summed E-state index contributed by atoms with van der Waals surface area (Å²) < 4.78 is 8.25. The minimum atomic E-state index is -0.374. The first-order valence-corrected chi connectivity index (χ1v) is 9.57. The molecule has 0 amide bonds. The lowest BCUT2D eigenvalue weighted by Crippen LogP contribution is -2.23. The highest BCUT2D eigenvalue weighted by Crippen LogP contribution is 2.29. The second-order valence-corrected chi connectivity index (χ2v) is 6.59. The van der Waals surface area contributed by atoms with Gasteiger partial charge in [-0.25, -0.2) is 18.9 Å². The molecule has 3 heterocycles. The van der Waals surface area contributed by atoms with Crippen molar-refractivity contribution in [3.63, 3.8) is 0 Å².